The van der Waals surface area contributed by atoms with Crippen molar-refractivity contribution < 1.29 is 14.3 Å². The number of carbonyl (C=O) groups is 2. The van der Waals surface area contributed by atoms with Crippen LogP contribution in [0.4, 0.5) is 10.6 Å². The van der Waals surface area contributed by atoms with Gasteiger partial charge >= 0.3 is 6.09 Å². The molecule has 2 fully saturated rings. The predicted molar refractivity (Wildman–Crippen MR) is 107 cm³/mol. The molecule has 0 N–H and O–H groups in total. The van der Waals surface area contributed by atoms with E-state index in [9.17, 15) is 9.59 Å². The lowest BCUT2D eigenvalue weighted by Crippen LogP contribution is -2.44. The molecule has 2 amide bonds. The van der Waals surface area contributed by atoms with Crippen LogP contribution in [0.3, 0.4) is 0 Å². The molecule has 0 bridgehead atoms. The molecule has 1 atom stereocenters. The van der Waals surface area contributed by atoms with E-state index >= 15 is 0 Å². The summed E-state index contributed by atoms with van der Waals surface area (Å²) in [5.74, 6) is 1.54. The summed E-state index contributed by atoms with van der Waals surface area (Å²) in [7, 11) is 0. The fraction of sp³-hybridized carbons (Fsp3) is 0.714. The molecule has 7 heteroatoms. The van der Waals surface area contributed by atoms with Crippen LogP contribution in [0.15, 0.2) is 12.4 Å². The van der Waals surface area contributed by atoms with Gasteiger partial charge in [0, 0.05) is 24.7 Å². The van der Waals surface area contributed by atoms with Crippen molar-refractivity contribution in [1.29, 1.82) is 0 Å². The van der Waals surface area contributed by atoms with Crippen molar-refractivity contribution in [1.82, 2.24) is 14.9 Å². The van der Waals surface area contributed by atoms with Gasteiger partial charge < -0.3 is 9.64 Å². The molecule has 0 spiro atoms. The van der Waals surface area contributed by atoms with E-state index < -0.39 is 0 Å². The Morgan fingerprint density at radius 1 is 1.25 bits per heavy atom. The Balaban J connectivity index is 1.63. The highest BCUT2D eigenvalue weighted by atomic mass is 16.6. The highest BCUT2D eigenvalue weighted by molar-refractivity contribution is 5.89. The summed E-state index contributed by atoms with van der Waals surface area (Å²) in [5, 5.41) is 0. The molecule has 3 rings (SSSR count). The van der Waals surface area contributed by atoms with E-state index in [-0.39, 0.29) is 29.4 Å². The number of cyclic esters (lactones) is 1. The van der Waals surface area contributed by atoms with E-state index in [4.69, 9.17) is 9.72 Å². The SMILES string of the molecule is CC(C)[C@@H]1COC(=O)N1c1cncc(CC2CCN(C(=O)C(C)(C)C)CC2)n1. The molecule has 0 aliphatic carbocycles. The third-order valence-electron chi connectivity index (χ3n) is 5.64. The number of amides is 2. The minimum absolute atomic E-state index is 0.0105. The van der Waals surface area contributed by atoms with Crippen LogP contribution in [0.25, 0.3) is 0 Å². The molecule has 3 heterocycles. The highest BCUT2D eigenvalue weighted by Gasteiger charge is 2.37. The van der Waals surface area contributed by atoms with Gasteiger partial charge in [-0.1, -0.05) is 34.6 Å². The first-order chi connectivity index (χ1) is 13.2. The second-order valence-electron chi connectivity index (χ2n) is 9.32. The number of piperidine rings is 1. The van der Waals surface area contributed by atoms with Crippen molar-refractivity contribution in [2.45, 2.75) is 59.9 Å². The summed E-state index contributed by atoms with van der Waals surface area (Å²) >= 11 is 0. The summed E-state index contributed by atoms with van der Waals surface area (Å²) in [6, 6.07) is -0.0105. The van der Waals surface area contributed by atoms with Crippen molar-refractivity contribution in [2.75, 3.05) is 24.6 Å². The van der Waals surface area contributed by atoms with Gasteiger partial charge in [0.25, 0.3) is 0 Å². The minimum atomic E-state index is -0.348. The second kappa shape index (κ2) is 8.05. The van der Waals surface area contributed by atoms with E-state index in [0.29, 0.717) is 18.3 Å². The van der Waals surface area contributed by atoms with Crippen LogP contribution in [0.1, 0.15) is 53.2 Å². The van der Waals surface area contributed by atoms with Crippen LogP contribution in [0.5, 0.6) is 0 Å². The van der Waals surface area contributed by atoms with E-state index in [2.05, 4.69) is 18.8 Å². The zero-order chi connectivity index (χ0) is 20.5. The quantitative estimate of drug-likeness (QED) is 0.791. The minimum Gasteiger partial charge on any atom is -0.447 e. The molecule has 0 saturated carbocycles. The standard InChI is InChI=1S/C21H32N4O3/c1-14(2)17-13-28-20(27)25(17)18-12-22-11-16(23-18)10-15-6-8-24(9-7-15)19(26)21(3,4)5/h11-12,14-15,17H,6-10,13H2,1-5H3/t17-/m0/s1. The largest absolute Gasteiger partial charge is 0.447 e. The van der Waals surface area contributed by atoms with Crippen LogP contribution in [0, 0.1) is 17.3 Å². The van der Waals surface area contributed by atoms with Gasteiger partial charge in [-0.25, -0.2) is 9.78 Å². The van der Waals surface area contributed by atoms with Gasteiger partial charge in [0.1, 0.15) is 6.61 Å². The van der Waals surface area contributed by atoms with Gasteiger partial charge in [-0.05, 0) is 31.1 Å². The highest BCUT2D eigenvalue weighted by Crippen LogP contribution is 2.28. The van der Waals surface area contributed by atoms with E-state index in [0.717, 1.165) is 38.0 Å². The number of rotatable bonds is 4. The van der Waals surface area contributed by atoms with Crippen LogP contribution < -0.4 is 4.90 Å². The lowest BCUT2D eigenvalue weighted by Gasteiger charge is -2.35. The molecular weight excluding hydrogens is 356 g/mol. The number of likely N-dealkylation sites (tertiary alicyclic amines) is 1. The monoisotopic (exact) mass is 388 g/mol. The maximum Gasteiger partial charge on any atom is 0.415 e. The van der Waals surface area contributed by atoms with Crippen LogP contribution in [-0.2, 0) is 16.0 Å². The van der Waals surface area contributed by atoms with Gasteiger partial charge in [-0.15, -0.1) is 0 Å². The number of anilines is 1. The third kappa shape index (κ3) is 4.45. The van der Waals surface area contributed by atoms with Gasteiger partial charge in [-0.3, -0.25) is 14.7 Å². The second-order valence-corrected chi connectivity index (χ2v) is 9.32. The molecule has 2 saturated heterocycles. The Labute approximate surface area is 167 Å². The van der Waals surface area contributed by atoms with Crippen molar-refractivity contribution in [2.24, 2.45) is 17.3 Å². The zero-order valence-electron chi connectivity index (χ0n) is 17.6. The Morgan fingerprint density at radius 2 is 1.93 bits per heavy atom. The molecule has 0 unspecified atom stereocenters. The first-order valence-corrected chi connectivity index (χ1v) is 10.2. The summed E-state index contributed by atoms with van der Waals surface area (Å²) in [6.07, 6.45) is 5.81. The average molecular weight is 389 g/mol. The first-order valence-electron chi connectivity index (χ1n) is 10.2. The Kier molecular flexibility index (Phi) is 5.91. The molecule has 2 aliphatic heterocycles. The van der Waals surface area contributed by atoms with Crippen molar-refractivity contribution in [3.63, 3.8) is 0 Å². The summed E-state index contributed by atoms with van der Waals surface area (Å²) in [5.41, 5.74) is 0.560. The maximum absolute atomic E-state index is 12.4. The van der Waals surface area contributed by atoms with Crippen LogP contribution in [-0.4, -0.2) is 52.6 Å². The van der Waals surface area contributed by atoms with Gasteiger partial charge in [0.05, 0.1) is 17.9 Å². The van der Waals surface area contributed by atoms with Gasteiger partial charge in [-0.2, -0.15) is 0 Å². The summed E-state index contributed by atoms with van der Waals surface area (Å²) < 4.78 is 5.23. The number of hydrogen-bond acceptors (Lipinski definition) is 5. The Bertz CT molecular complexity index is 721. The van der Waals surface area contributed by atoms with Crippen molar-refractivity contribution in [3.8, 4) is 0 Å². The zero-order valence-corrected chi connectivity index (χ0v) is 17.6. The Hall–Kier alpha value is -2.18. The fourth-order valence-corrected chi connectivity index (χ4v) is 3.91. The predicted octanol–water partition coefficient (Wildman–Crippen LogP) is 3.29. The van der Waals surface area contributed by atoms with E-state index in [1.165, 1.54) is 0 Å². The smallest absolute Gasteiger partial charge is 0.415 e. The lowest BCUT2D eigenvalue weighted by molar-refractivity contribution is -0.140. The third-order valence-corrected chi connectivity index (χ3v) is 5.64. The molecule has 1 aromatic rings. The summed E-state index contributed by atoms with van der Waals surface area (Å²) in [6.45, 7) is 12.0. The summed E-state index contributed by atoms with van der Waals surface area (Å²) in [4.78, 5) is 37.3. The molecule has 7 nitrogen and oxygen atoms in total. The molecule has 0 aromatic carbocycles. The average Bonchev–Trinajstić information content (AvgIpc) is 3.03. The van der Waals surface area contributed by atoms with Crippen molar-refractivity contribution >= 4 is 17.8 Å². The number of nitrogens with zero attached hydrogens (tertiary/aromatic N) is 4. The number of ether oxygens (including phenoxy) is 1. The molecular formula is C21H32N4O3. The van der Waals surface area contributed by atoms with E-state index in [1.54, 1.807) is 17.3 Å². The molecule has 2 aliphatic rings. The number of aromatic nitrogens is 2. The molecule has 154 valence electrons. The topological polar surface area (TPSA) is 75.6 Å². The number of carbonyl (C=O) groups excluding carboxylic acids is 2. The Morgan fingerprint density at radius 3 is 2.54 bits per heavy atom. The maximum atomic E-state index is 12.4. The fourth-order valence-electron chi connectivity index (χ4n) is 3.91. The van der Waals surface area contributed by atoms with Gasteiger partial charge in [0.2, 0.25) is 5.91 Å². The molecule has 1 aromatic heterocycles. The van der Waals surface area contributed by atoms with Crippen LogP contribution >= 0.6 is 0 Å². The normalized spacial score (nSPS) is 21.4. The molecule has 0 radical (unpaired) electrons. The van der Waals surface area contributed by atoms with Crippen LogP contribution in [0.2, 0.25) is 0 Å². The van der Waals surface area contributed by atoms with Gasteiger partial charge in [0.15, 0.2) is 5.82 Å². The van der Waals surface area contributed by atoms with E-state index in [1.807, 2.05) is 25.7 Å². The lowest BCUT2D eigenvalue weighted by atomic mass is 9.89. The first kappa shape index (κ1) is 20.6. The molecule has 28 heavy (non-hydrogen) atoms. The number of hydrogen-bond donors (Lipinski definition) is 0. The van der Waals surface area contributed by atoms with Crippen molar-refractivity contribution in [3.05, 3.63) is 18.1 Å².